The van der Waals surface area contributed by atoms with E-state index in [9.17, 15) is 14.7 Å². The second kappa shape index (κ2) is 5.95. The van der Waals surface area contributed by atoms with Crippen molar-refractivity contribution >= 4 is 17.4 Å². The van der Waals surface area contributed by atoms with Gasteiger partial charge in [-0.2, -0.15) is 0 Å². The molecule has 2 bridgehead atoms. The first-order valence-electron chi connectivity index (χ1n) is 10.4. The highest BCUT2D eigenvalue weighted by Crippen LogP contribution is 2.64. The van der Waals surface area contributed by atoms with E-state index < -0.39 is 11.0 Å². The predicted molar refractivity (Wildman–Crippen MR) is 106 cm³/mol. The molecule has 0 radical (unpaired) electrons. The Morgan fingerprint density at radius 3 is 2.69 bits per heavy atom. The number of ketones is 1. The first-order chi connectivity index (χ1) is 13.8. The number of rotatable bonds is 1. The van der Waals surface area contributed by atoms with Crippen LogP contribution in [0.15, 0.2) is 12.1 Å². The average Bonchev–Trinajstić information content (AvgIpc) is 3.22. The van der Waals surface area contributed by atoms with Crippen LogP contribution < -0.4 is 9.64 Å². The standard InChI is InChI=1S/C22H28N2O5/c1-12-22(29-12)14-7-9-23(3)10-8-21(20(22)27)15-5-6-16(28-4)19(26)18(15)24(13(2)25)17(21)11-14/h5-6,12,14,17,26H,7-11H2,1-4H3/t12-,14+,17+,21+,22+/m0/s1. The lowest BCUT2D eigenvalue weighted by atomic mass is 9.57. The predicted octanol–water partition coefficient (Wildman–Crippen LogP) is 1.85. The van der Waals surface area contributed by atoms with Crippen LogP contribution in [0.4, 0.5) is 5.69 Å². The summed E-state index contributed by atoms with van der Waals surface area (Å²) in [5.74, 6) is 0.222. The fraction of sp³-hybridized carbons (Fsp3) is 0.636. The summed E-state index contributed by atoms with van der Waals surface area (Å²) < 4.78 is 11.4. The van der Waals surface area contributed by atoms with Gasteiger partial charge in [0.25, 0.3) is 0 Å². The highest BCUT2D eigenvalue weighted by atomic mass is 16.6. The summed E-state index contributed by atoms with van der Waals surface area (Å²) in [5.41, 5.74) is -0.467. The number of hydrogen-bond acceptors (Lipinski definition) is 6. The molecular formula is C22H28N2O5. The molecule has 0 aromatic heterocycles. The maximum absolute atomic E-state index is 14.2. The summed E-state index contributed by atoms with van der Waals surface area (Å²) in [7, 11) is 3.56. The number of amides is 1. The molecular weight excluding hydrogens is 372 g/mol. The molecule has 5 atom stereocenters. The molecule has 5 aliphatic rings. The minimum Gasteiger partial charge on any atom is -0.503 e. The van der Waals surface area contributed by atoms with Crippen LogP contribution in [-0.2, 0) is 19.7 Å². The molecule has 2 spiro atoms. The van der Waals surface area contributed by atoms with Crippen LogP contribution in [0.25, 0.3) is 0 Å². The van der Waals surface area contributed by atoms with Crippen molar-refractivity contribution in [1.82, 2.24) is 4.90 Å². The molecule has 4 fully saturated rings. The van der Waals surface area contributed by atoms with E-state index in [1.54, 1.807) is 11.0 Å². The zero-order valence-corrected chi connectivity index (χ0v) is 17.4. The molecule has 6 rings (SSSR count). The van der Waals surface area contributed by atoms with E-state index >= 15 is 0 Å². The molecule has 0 unspecified atom stereocenters. The number of ether oxygens (including phenoxy) is 2. The SMILES string of the molecule is COc1ccc2c(c1O)N(C(C)=O)[C@@H]1C[C@H]3CCN(C)CC[C@@]21C(=O)[C@]31O[C@H]1C. The lowest BCUT2D eigenvalue weighted by Crippen LogP contribution is -2.62. The molecule has 1 aliphatic carbocycles. The zero-order chi connectivity index (χ0) is 20.7. The van der Waals surface area contributed by atoms with Crippen molar-refractivity contribution in [3.63, 3.8) is 0 Å². The van der Waals surface area contributed by atoms with Crippen molar-refractivity contribution in [2.24, 2.45) is 5.92 Å². The number of Topliss-reactive ketones (excluding diaryl/α,β-unsaturated/α-hetero) is 1. The van der Waals surface area contributed by atoms with Gasteiger partial charge in [-0.3, -0.25) is 9.59 Å². The van der Waals surface area contributed by atoms with E-state index in [-0.39, 0.29) is 35.5 Å². The zero-order valence-electron chi connectivity index (χ0n) is 17.4. The Bertz CT molecular complexity index is 917. The Morgan fingerprint density at radius 2 is 2.07 bits per heavy atom. The largest absolute Gasteiger partial charge is 0.503 e. The van der Waals surface area contributed by atoms with Gasteiger partial charge >= 0.3 is 0 Å². The number of methoxy groups -OCH3 is 1. The highest BCUT2D eigenvalue weighted by molar-refractivity contribution is 6.09. The summed E-state index contributed by atoms with van der Waals surface area (Å²) in [6, 6.07) is 3.25. The number of anilines is 1. The van der Waals surface area contributed by atoms with Gasteiger partial charge in [-0.15, -0.1) is 0 Å². The Labute approximate surface area is 170 Å². The first kappa shape index (κ1) is 18.9. The molecule has 1 aromatic carbocycles. The van der Waals surface area contributed by atoms with Gasteiger partial charge in [-0.25, -0.2) is 0 Å². The van der Waals surface area contributed by atoms with E-state index in [1.165, 1.54) is 14.0 Å². The Morgan fingerprint density at radius 1 is 1.34 bits per heavy atom. The van der Waals surface area contributed by atoms with Crippen LogP contribution in [0.3, 0.4) is 0 Å². The van der Waals surface area contributed by atoms with Crippen LogP contribution in [-0.4, -0.2) is 66.7 Å². The number of nitrogens with zero attached hydrogens (tertiary/aromatic N) is 2. The molecule has 7 heteroatoms. The van der Waals surface area contributed by atoms with E-state index in [0.29, 0.717) is 24.3 Å². The third-order valence-electron chi connectivity index (χ3n) is 7.82. The quantitative estimate of drug-likeness (QED) is 0.725. The normalized spacial score (nSPS) is 38.3. The topological polar surface area (TPSA) is 82.6 Å². The molecule has 4 heterocycles. The third-order valence-corrected chi connectivity index (χ3v) is 7.82. The molecule has 29 heavy (non-hydrogen) atoms. The molecule has 7 nitrogen and oxygen atoms in total. The van der Waals surface area contributed by atoms with E-state index in [1.807, 2.05) is 13.0 Å². The van der Waals surface area contributed by atoms with Gasteiger partial charge in [0, 0.05) is 12.8 Å². The van der Waals surface area contributed by atoms with E-state index in [4.69, 9.17) is 9.47 Å². The van der Waals surface area contributed by atoms with E-state index in [2.05, 4.69) is 11.9 Å². The van der Waals surface area contributed by atoms with Crippen molar-refractivity contribution in [1.29, 1.82) is 0 Å². The third kappa shape index (κ3) is 2.15. The first-order valence-corrected chi connectivity index (χ1v) is 10.4. The number of benzene rings is 1. The second-order valence-corrected chi connectivity index (χ2v) is 9.05. The van der Waals surface area contributed by atoms with Crippen LogP contribution in [0.2, 0.25) is 0 Å². The number of phenolic OH excluding ortho intramolecular Hbond substituents is 1. The number of carbonyl (C=O) groups is 2. The Balaban J connectivity index is 1.79. The highest BCUT2D eigenvalue weighted by Gasteiger charge is 2.75. The molecule has 1 N–H and O–H groups in total. The molecule has 1 aromatic rings. The lowest BCUT2D eigenvalue weighted by Gasteiger charge is -2.46. The average molecular weight is 400 g/mol. The van der Waals surface area contributed by atoms with Gasteiger partial charge in [0.15, 0.2) is 22.9 Å². The minimum atomic E-state index is -0.870. The maximum Gasteiger partial charge on any atom is 0.224 e. The monoisotopic (exact) mass is 400 g/mol. The fourth-order valence-electron chi connectivity index (χ4n) is 6.35. The molecule has 1 saturated carbocycles. The lowest BCUT2D eigenvalue weighted by molar-refractivity contribution is -0.137. The maximum atomic E-state index is 14.2. The molecule has 1 amide bonds. The number of carbonyl (C=O) groups excluding carboxylic acids is 2. The number of fused-ring (bicyclic) bond motifs is 5. The summed E-state index contributed by atoms with van der Waals surface area (Å²) >= 11 is 0. The van der Waals surface area contributed by atoms with Crippen LogP contribution in [0.5, 0.6) is 11.5 Å². The number of epoxide rings is 1. The van der Waals surface area contributed by atoms with Gasteiger partial charge in [0.2, 0.25) is 5.91 Å². The van der Waals surface area contributed by atoms with Crippen LogP contribution >= 0.6 is 0 Å². The Hall–Kier alpha value is -2.12. The van der Waals surface area contributed by atoms with Gasteiger partial charge in [-0.1, -0.05) is 6.07 Å². The number of phenols is 1. The fourth-order valence-corrected chi connectivity index (χ4v) is 6.35. The number of aromatic hydroxyl groups is 1. The molecule has 156 valence electrons. The van der Waals surface area contributed by atoms with Gasteiger partial charge < -0.3 is 24.4 Å². The Kier molecular flexibility index (Phi) is 3.87. The minimum absolute atomic E-state index is 0.0591. The van der Waals surface area contributed by atoms with E-state index in [0.717, 1.165) is 25.1 Å². The van der Waals surface area contributed by atoms with Crippen molar-refractivity contribution in [3.8, 4) is 11.5 Å². The van der Waals surface area contributed by atoms with Gasteiger partial charge in [0.1, 0.15) is 0 Å². The summed E-state index contributed by atoms with van der Waals surface area (Å²) in [5, 5.41) is 11.0. The van der Waals surface area contributed by atoms with Gasteiger partial charge in [-0.05, 0) is 58.0 Å². The molecule has 3 saturated heterocycles. The second-order valence-electron chi connectivity index (χ2n) is 9.05. The van der Waals surface area contributed by atoms with Crippen LogP contribution in [0, 0.1) is 5.92 Å². The van der Waals surface area contributed by atoms with Gasteiger partial charge in [0.05, 0.1) is 30.4 Å². The van der Waals surface area contributed by atoms with Crippen molar-refractivity contribution in [2.75, 3.05) is 32.1 Å². The van der Waals surface area contributed by atoms with Crippen molar-refractivity contribution in [2.45, 2.75) is 56.3 Å². The number of hydrogen-bond donors (Lipinski definition) is 1. The summed E-state index contributed by atoms with van der Waals surface area (Å²) in [6.07, 6.45) is 2.04. The van der Waals surface area contributed by atoms with Crippen molar-refractivity contribution in [3.05, 3.63) is 17.7 Å². The summed E-state index contributed by atoms with van der Waals surface area (Å²) in [4.78, 5) is 30.9. The molecule has 4 aliphatic heterocycles. The van der Waals surface area contributed by atoms with Crippen LogP contribution in [0.1, 0.15) is 38.7 Å². The van der Waals surface area contributed by atoms with Crippen molar-refractivity contribution < 1.29 is 24.2 Å². The smallest absolute Gasteiger partial charge is 0.224 e. The summed E-state index contributed by atoms with van der Waals surface area (Å²) in [6.45, 7) is 5.13.